The number of alkyl halides is 3. The number of rotatable bonds is 2. The number of carbonyl (C=O) groups is 1. The second kappa shape index (κ2) is 5.80. The number of nitrogens with one attached hydrogen (secondary N) is 3. The predicted octanol–water partition coefficient (Wildman–Crippen LogP) is 1.08. The number of hydrogen-bond acceptors (Lipinski definition) is 4. The second-order valence-electron chi connectivity index (χ2n) is 5.67. The molecule has 0 saturated carbocycles. The number of nitrogen functional groups attached to an aromatic ring is 1. The van der Waals surface area contributed by atoms with Crippen LogP contribution in [0, 0.1) is 0 Å². The summed E-state index contributed by atoms with van der Waals surface area (Å²) in [5.74, 6) is -0.837. The lowest BCUT2D eigenvalue weighted by Gasteiger charge is -2.16. The van der Waals surface area contributed by atoms with Gasteiger partial charge in [0.1, 0.15) is 11.4 Å². The Morgan fingerprint density at radius 1 is 1.24 bits per heavy atom. The van der Waals surface area contributed by atoms with Crippen LogP contribution in [-0.2, 0) is 12.6 Å². The van der Waals surface area contributed by atoms with Crippen molar-refractivity contribution in [3.8, 4) is 0 Å². The molecule has 25 heavy (non-hydrogen) atoms. The molecule has 1 aliphatic carbocycles. The summed E-state index contributed by atoms with van der Waals surface area (Å²) in [7, 11) is 0. The number of anilines is 1. The maximum Gasteiger partial charge on any atom is 0.416 e. The summed E-state index contributed by atoms with van der Waals surface area (Å²) >= 11 is 0. The van der Waals surface area contributed by atoms with Crippen LogP contribution < -0.4 is 22.3 Å². The van der Waals surface area contributed by atoms with Gasteiger partial charge in [0.2, 0.25) is 0 Å². The Labute approximate surface area is 138 Å². The number of benzene rings is 1. The van der Waals surface area contributed by atoms with E-state index in [4.69, 9.17) is 5.73 Å². The van der Waals surface area contributed by atoms with E-state index >= 15 is 0 Å². The molecule has 1 atom stereocenters. The van der Waals surface area contributed by atoms with Gasteiger partial charge in [-0.3, -0.25) is 14.6 Å². The Kier molecular flexibility index (Phi) is 3.90. The quantitative estimate of drug-likeness (QED) is 0.645. The van der Waals surface area contributed by atoms with Crippen LogP contribution in [0.4, 0.5) is 18.9 Å². The lowest BCUT2D eigenvalue weighted by molar-refractivity contribution is -0.137. The normalized spacial score (nSPS) is 16.5. The minimum Gasteiger partial charge on any atom is -0.392 e. The lowest BCUT2D eigenvalue weighted by Crippen LogP contribution is -2.35. The molecule has 1 aromatic heterocycles. The minimum absolute atomic E-state index is 0.355. The summed E-state index contributed by atoms with van der Waals surface area (Å²) < 4.78 is 38.6. The van der Waals surface area contributed by atoms with Gasteiger partial charge >= 0.3 is 11.9 Å². The molecule has 2 aromatic rings. The van der Waals surface area contributed by atoms with E-state index in [1.807, 2.05) is 4.98 Å². The Bertz CT molecular complexity index is 962. The average molecular weight is 354 g/mol. The number of halogens is 3. The molecular weight excluding hydrogens is 341 g/mol. The third-order valence-electron chi connectivity index (χ3n) is 4.06. The van der Waals surface area contributed by atoms with Crippen molar-refractivity contribution >= 4 is 11.6 Å². The zero-order valence-corrected chi connectivity index (χ0v) is 12.7. The van der Waals surface area contributed by atoms with Crippen LogP contribution in [-0.4, -0.2) is 15.9 Å². The van der Waals surface area contributed by atoms with Crippen molar-refractivity contribution in [2.24, 2.45) is 0 Å². The average Bonchev–Trinajstić information content (AvgIpc) is 2.92. The number of hydrogen-bond donors (Lipinski definition) is 4. The highest BCUT2D eigenvalue weighted by molar-refractivity contribution is 5.97. The standard InChI is InChI=1S/C15H13F3N4O3/c16-15(17,18)7-3-1-6-2-4-9(8(6)5-7)20-13(24)11-10(19)12(23)22-14(25)21-11/h1,3,5,9H,2,4,19H2,(H,20,24)(H2,21,22,23,25). The fourth-order valence-electron chi connectivity index (χ4n) is 2.83. The highest BCUT2D eigenvalue weighted by Crippen LogP contribution is 2.37. The van der Waals surface area contributed by atoms with Crippen molar-refractivity contribution in [1.29, 1.82) is 0 Å². The van der Waals surface area contributed by atoms with Crippen molar-refractivity contribution in [2.75, 3.05) is 5.73 Å². The van der Waals surface area contributed by atoms with Crippen LogP contribution in [0.5, 0.6) is 0 Å². The van der Waals surface area contributed by atoms with Gasteiger partial charge in [0, 0.05) is 0 Å². The van der Waals surface area contributed by atoms with Crippen molar-refractivity contribution in [3.63, 3.8) is 0 Å². The summed E-state index contributed by atoms with van der Waals surface area (Å²) in [6.07, 6.45) is -3.59. The first-order valence-electron chi connectivity index (χ1n) is 7.30. The molecule has 5 N–H and O–H groups in total. The van der Waals surface area contributed by atoms with Crippen LogP contribution >= 0.6 is 0 Å². The topological polar surface area (TPSA) is 121 Å². The molecule has 1 heterocycles. The van der Waals surface area contributed by atoms with E-state index in [0.717, 1.165) is 12.1 Å². The first kappa shape index (κ1) is 16.8. The van der Waals surface area contributed by atoms with Crippen LogP contribution in [0.3, 0.4) is 0 Å². The zero-order valence-electron chi connectivity index (χ0n) is 12.7. The van der Waals surface area contributed by atoms with Crippen LogP contribution in [0.2, 0.25) is 0 Å². The monoisotopic (exact) mass is 354 g/mol. The van der Waals surface area contributed by atoms with Gasteiger partial charge in [0.05, 0.1) is 11.6 Å². The molecule has 0 saturated heterocycles. The van der Waals surface area contributed by atoms with E-state index in [1.165, 1.54) is 6.07 Å². The van der Waals surface area contributed by atoms with Gasteiger partial charge in [-0.25, -0.2) is 4.79 Å². The summed E-state index contributed by atoms with van der Waals surface area (Å²) in [6.45, 7) is 0. The molecule has 0 aliphatic heterocycles. The van der Waals surface area contributed by atoms with Crippen LogP contribution in [0.15, 0.2) is 27.8 Å². The Morgan fingerprint density at radius 2 is 1.96 bits per heavy atom. The molecule has 132 valence electrons. The van der Waals surface area contributed by atoms with Crippen molar-refractivity contribution in [3.05, 3.63) is 61.4 Å². The van der Waals surface area contributed by atoms with Gasteiger partial charge < -0.3 is 16.0 Å². The smallest absolute Gasteiger partial charge is 0.392 e. The number of amides is 1. The molecule has 1 aliphatic rings. The maximum atomic E-state index is 12.9. The fourth-order valence-corrected chi connectivity index (χ4v) is 2.83. The Hall–Kier alpha value is -3.04. The number of aromatic nitrogens is 2. The number of aryl methyl sites for hydroxylation is 1. The van der Waals surface area contributed by atoms with Crippen LogP contribution in [0.1, 0.15) is 39.6 Å². The van der Waals surface area contributed by atoms with Gasteiger partial charge in [0.25, 0.3) is 11.5 Å². The van der Waals surface area contributed by atoms with Crippen molar-refractivity contribution in [1.82, 2.24) is 15.3 Å². The number of fused-ring (bicyclic) bond motifs is 1. The third kappa shape index (κ3) is 3.14. The highest BCUT2D eigenvalue weighted by atomic mass is 19.4. The number of carbonyl (C=O) groups excluding carboxylic acids is 1. The fraction of sp³-hybridized carbons (Fsp3) is 0.267. The molecule has 10 heteroatoms. The first-order valence-corrected chi connectivity index (χ1v) is 7.30. The molecule has 1 amide bonds. The highest BCUT2D eigenvalue weighted by Gasteiger charge is 2.33. The molecule has 3 rings (SSSR count). The molecule has 0 radical (unpaired) electrons. The van der Waals surface area contributed by atoms with Crippen molar-refractivity contribution in [2.45, 2.75) is 25.1 Å². The maximum absolute atomic E-state index is 12.9. The summed E-state index contributed by atoms with van der Waals surface area (Å²) in [4.78, 5) is 39.0. The van der Waals surface area contributed by atoms with Gasteiger partial charge in [-0.05, 0) is 36.1 Å². The van der Waals surface area contributed by atoms with E-state index in [1.54, 1.807) is 0 Å². The van der Waals surface area contributed by atoms with E-state index in [2.05, 4.69) is 10.3 Å². The van der Waals surface area contributed by atoms with Crippen LogP contribution in [0.25, 0.3) is 0 Å². The second-order valence-corrected chi connectivity index (χ2v) is 5.67. The molecule has 1 unspecified atom stereocenters. The van der Waals surface area contributed by atoms with Gasteiger partial charge in [-0.1, -0.05) is 6.07 Å². The predicted molar refractivity (Wildman–Crippen MR) is 82.1 cm³/mol. The Morgan fingerprint density at radius 3 is 2.64 bits per heavy atom. The zero-order chi connectivity index (χ0) is 18.4. The van der Waals surface area contributed by atoms with Gasteiger partial charge in [-0.2, -0.15) is 13.2 Å². The first-order chi connectivity index (χ1) is 11.7. The van der Waals surface area contributed by atoms with E-state index < -0.39 is 46.3 Å². The molecule has 0 fully saturated rings. The Balaban J connectivity index is 1.91. The summed E-state index contributed by atoms with van der Waals surface area (Å²) in [5, 5.41) is 2.52. The molecule has 1 aromatic carbocycles. The number of aromatic amines is 2. The minimum atomic E-state index is -4.49. The van der Waals surface area contributed by atoms with Gasteiger partial charge in [-0.15, -0.1) is 0 Å². The van der Waals surface area contributed by atoms with E-state index in [9.17, 15) is 27.6 Å². The molecule has 0 spiro atoms. The molecular formula is C15H13F3N4O3. The largest absolute Gasteiger partial charge is 0.416 e. The summed E-state index contributed by atoms with van der Waals surface area (Å²) in [5.41, 5.74) is 3.01. The number of H-pyrrole nitrogens is 2. The molecule has 0 bridgehead atoms. The third-order valence-corrected chi connectivity index (χ3v) is 4.06. The summed E-state index contributed by atoms with van der Waals surface area (Å²) in [6, 6.07) is 2.70. The van der Waals surface area contributed by atoms with Gasteiger partial charge in [0.15, 0.2) is 0 Å². The lowest BCUT2D eigenvalue weighted by atomic mass is 10.0. The van der Waals surface area contributed by atoms with E-state index in [0.29, 0.717) is 24.0 Å². The SMILES string of the molecule is Nc1c(C(=O)NC2CCc3ccc(C(F)(F)F)cc32)[nH]c(=O)[nH]c1=O. The van der Waals surface area contributed by atoms with E-state index in [-0.39, 0.29) is 0 Å². The molecule has 7 nitrogen and oxygen atoms in total. The van der Waals surface area contributed by atoms with Crippen molar-refractivity contribution < 1.29 is 18.0 Å². The number of nitrogens with two attached hydrogens (primary N) is 1.